The molecule has 0 atom stereocenters. The summed E-state index contributed by atoms with van der Waals surface area (Å²) in [5, 5.41) is 7.87. The van der Waals surface area contributed by atoms with Gasteiger partial charge in [0.25, 0.3) is 11.8 Å². The van der Waals surface area contributed by atoms with Crippen molar-refractivity contribution in [2.45, 2.75) is 33.8 Å². The molecule has 0 N–H and O–H groups in total. The molecule has 0 aliphatic rings. The van der Waals surface area contributed by atoms with Crippen molar-refractivity contribution in [3.05, 3.63) is 53.3 Å². The molecule has 0 aliphatic heterocycles. The number of furan rings is 1. The van der Waals surface area contributed by atoms with E-state index in [-0.39, 0.29) is 12.5 Å². The fourth-order valence-corrected chi connectivity index (χ4v) is 2.38. The van der Waals surface area contributed by atoms with Gasteiger partial charge in [-0.1, -0.05) is 6.92 Å². The number of ether oxygens (including phenoxy) is 2. The summed E-state index contributed by atoms with van der Waals surface area (Å²) in [6, 6.07) is 8.61. The highest BCUT2D eigenvalue weighted by molar-refractivity contribution is 5.89. The lowest BCUT2D eigenvalue weighted by molar-refractivity contribution is 0.0438. The molecule has 0 aliphatic carbocycles. The van der Waals surface area contributed by atoms with Crippen molar-refractivity contribution in [1.82, 2.24) is 10.2 Å². The number of esters is 1. The van der Waals surface area contributed by atoms with Gasteiger partial charge in [0.2, 0.25) is 0 Å². The highest BCUT2D eigenvalue weighted by atomic mass is 16.5. The van der Waals surface area contributed by atoms with Crippen LogP contribution in [0.1, 0.15) is 41.1 Å². The van der Waals surface area contributed by atoms with E-state index in [0.717, 1.165) is 23.5 Å². The third kappa shape index (κ3) is 4.11. The molecule has 1 aromatic carbocycles. The van der Waals surface area contributed by atoms with E-state index in [0.29, 0.717) is 23.8 Å². The van der Waals surface area contributed by atoms with Crippen molar-refractivity contribution in [2.75, 3.05) is 6.61 Å². The van der Waals surface area contributed by atoms with Crippen molar-refractivity contribution < 1.29 is 23.1 Å². The number of hydrogen-bond donors (Lipinski definition) is 0. The fraction of sp³-hybridized carbons (Fsp3) is 0.316. The van der Waals surface area contributed by atoms with Crippen LogP contribution in [0, 0.1) is 13.8 Å². The van der Waals surface area contributed by atoms with E-state index in [1.54, 1.807) is 24.3 Å². The second kappa shape index (κ2) is 7.86. The largest absolute Gasteiger partial charge is 0.494 e. The first kappa shape index (κ1) is 17.7. The standard InChI is InChI=1S/C19H20N2O5/c1-4-9-23-15-7-5-14(6-8-15)19(22)24-11-17-20-21-18(26-17)16-10-12(2)25-13(16)3/h5-8,10H,4,9,11H2,1-3H3. The molecule has 26 heavy (non-hydrogen) atoms. The Morgan fingerprint density at radius 3 is 2.54 bits per heavy atom. The Balaban J connectivity index is 1.59. The molecule has 0 fully saturated rings. The van der Waals surface area contributed by atoms with E-state index in [2.05, 4.69) is 10.2 Å². The van der Waals surface area contributed by atoms with Crippen molar-refractivity contribution >= 4 is 5.97 Å². The van der Waals surface area contributed by atoms with Crippen LogP contribution >= 0.6 is 0 Å². The normalized spacial score (nSPS) is 10.7. The third-order valence-corrected chi connectivity index (χ3v) is 3.63. The van der Waals surface area contributed by atoms with Crippen molar-refractivity contribution in [1.29, 1.82) is 0 Å². The van der Waals surface area contributed by atoms with Gasteiger partial charge in [-0.15, -0.1) is 10.2 Å². The van der Waals surface area contributed by atoms with Crippen LogP contribution in [0.25, 0.3) is 11.5 Å². The van der Waals surface area contributed by atoms with Crippen LogP contribution in [0.2, 0.25) is 0 Å². The maximum atomic E-state index is 12.1. The lowest BCUT2D eigenvalue weighted by atomic mass is 10.2. The number of hydrogen-bond acceptors (Lipinski definition) is 7. The number of benzene rings is 1. The summed E-state index contributed by atoms with van der Waals surface area (Å²) in [5.41, 5.74) is 1.16. The summed E-state index contributed by atoms with van der Waals surface area (Å²) < 4.78 is 21.7. The predicted octanol–water partition coefficient (Wildman–Crippen LogP) is 4.09. The second-order valence-corrected chi connectivity index (χ2v) is 5.78. The first-order valence-corrected chi connectivity index (χ1v) is 8.36. The molecule has 0 spiro atoms. The van der Waals surface area contributed by atoms with Gasteiger partial charge in [0, 0.05) is 0 Å². The molecule has 0 radical (unpaired) electrons. The Hall–Kier alpha value is -3.09. The monoisotopic (exact) mass is 356 g/mol. The summed E-state index contributed by atoms with van der Waals surface area (Å²) in [4.78, 5) is 12.1. The number of nitrogens with zero attached hydrogens (tertiary/aromatic N) is 2. The van der Waals surface area contributed by atoms with Crippen LogP contribution < -0.4 is 4.74 Å². The molecule has 3 rings (SSSR count). The van der Waals surface area contributed by atoms with Gasteiger partial charge in [-0.2, -0.15) is 0 Å². The van der Waals surface area contributed by atoms with E-state index in [4.69, 9.17) is 18.3 Å². The summed E-state index contributed by atoms with van der Waals surface area (Å²) in [6.45, 7) is 6.23. The Labute approximate surface area is 150 Å². The van der Waals surface area contributed by atoms with Crippen LogP contribution in [-0.2, 0) is 11.3 Å². The molecule has 2 heterocycles. The SMILES string of the molecule is CCCOc1ccc(C(=O)OCc2nnc(-c3cc(C)oc3C)o2)cc1. The van der Waals surface area contributed by atoms with Gasteiger partial charge >= 0.3 is 5.97 Å². The zero-order chi connectivity index (χ0) is 18.5. The Kier molecular flexibility index (Phi) is 5.36. The van der Waals surface area contributed by atoms with Crippen LogP contribution in [0.15, 0.2) is 39.2 Å². The molecular weight excluding hydrogens is 336 g/mol. The fourth-order valence-electron chi connectivity index (χ4n) is 2.38. The van der Waals surface area contributed by atoms with Crippen LogP contribution in [-0.4, -0.2) is 22.8 Å². The number of rotatable bonds is 7. The number of carbonyl (C=O) groups excluding carboxylic acids is 1. The van der Waals surface area contributed by atoms with Crippen molar-refractivity contribution in [3.8, 4) is 17.2 Å². The Morgan fingerprint density at radius 2 is 1.88 bits per heavy atom. The molecule has 0 saturated carbocycles. The quantitative estimate of drug-likeness (QED) is 0.589. The molecule has 3 aromatic rings. The van der Waals surface area contributed by atoms with Crippen molar-refractivity contribution in [2.24, 2.45) is 0 Å². The minimum Gasteiger partial charge on any atom is -0.494 e. The van der Waals surface area contributed by atoms with Crippen LogP contribution in [0.4, 0.5) is 0 Å². The molecule has 0 unspecified atom stereocenters. The molecule has 136 valence electrons. The number of aryl methyl sites for hydroxylation is 2. The summed E-state index contributed by atoms with van der Waals surface area (Å²) in [5.74, 6) is 2.25. The lowest BCUT2D eigenvalue weighted by Gasteiger charge is -2.05. The minimum absolute atomic E-state index is 0.101. The summed E-state index contributed by atoms with van der Waals surface area (Å²) >= 11 is 0. The molecule has 0 amide bonds. The van der Waals surface area contributed by atoms with Gasteiger partial charge in [0.15, 0.2) is 6.61 Å². The van der Waals surface area contributed by atoms with Crippen LogP contribution in [0.3, 0.4) is 0 Å². The molecule has 0 saturated heterocycles. The lowest BCUT2D eigenvalue weighted by Crippen LogP contribution is -2.05. The predicted molar refractivity (Wildman–Crippen MR) is 92.8 cm³/mol. The molecule has 2 aromatic heterocycles. The van der Waals surface area contributed by atoms with E-state index in [9.17, 15) is 4.79 Å². The van der Waals surface area contributed by atoms with E-state index >= 15 is 0 Å². The number of carbonyl (C=O) groups is 1. The van der Waals surface area contributed by atoms with Gasteiger partial charge in [-0.25, -0.2) is 4.79 Å². The Morgan fingerprint density at radius 1 is 1.12 bits per heavy atom. The maximum Gasteiger partial charge on any atom is 0.338 e. The van der Waals surface area contributed by atoms with Gasteiger partial charge in [-0.05, 0) is 50.6 Å². The molecule has 0 bridgehead atoms. The van der Waals surface area contributed by atoms with Gasteiger partial charge in [-0.3, -0.25) is 0 Å². The third-order valence-electron chi connectivity index (χ3n) is 3.63. The average Bonchev–Trinajstić information content (AvgIpc) is 3.24. The average molecular weight is 356 g/mol. The number of aromatic nitrogens is 2. The Bertz CT molecular complexity index is 880. The van der Waals surface area contributed by atoms with Crippen molar-refractivity contribution in [3.63, 3.8) is 0 Å². The van der Waals surface area contributed by atoms with Crippen LogP contribution in [0.5, 0.6) is 5.75 Å². The maximum absolute atomic E-state index is 12.1. The summed E-state index contributed by atoms with van der Waals surface area (Å²) in [6.07, 6.45) is 0.924. The van der Waals surface area contributed by atoms with E-state index in [1.807, 2.05) is 26.8 Å². The topological polar surface area (TPSA) is 87.6 Å². The molecular formula is C19H20N2O5. The second-order valence-electron chi connectivity index (χ2n) is 5.78. The highest BCUT2D eigenvalue weighted by Crippen LogP contribution is 2.25. The highest BCUT2D eigenvalue weighted by Gasteiger charge is 2.16. The van der Waals surface area contributed by atoms with Gasteiger partial charge in [0.1, 0.15) is 17.3 Å². The minimum atomic E-state index is -0.470. The first-order valence-electron chi connectivity index (χ1n) is 8.36. The summed E-state index contributed by atoms with van der Waals surface area (Å²) in [7, 11) is 0. The van der Waals surface area contributed by atoms with E-state index < -0.39 is 5.97 Å². The molecule has 7 heteroatoms. The van der Waals surface area contributed by atoms with E-state index in [1.165, 1.54) is 0 Å². The van der Waals surface area contributed by atoms with Gasteiger partial charge in [0.05, 0.1) is 17.7 Å². The zero-order valence-corrected chi connectivity index (χ0v) is 14.9. The first-order chi connectivity index (χ1) is 12.6. The van der Waals surface area contributed by atoms with Gasteiger partial charge < -0.3 is 18.3 Å². The smallest absolute Gasteiger partial charge is 0.338 e. The molecule has 7 nitrogen and oxygen atoms in total. The zero-order valence-electron chi connectivity index (χ0n) is 14.9.